The first kappa shape index (κ1) is 20.3. The van der Waals surface area contributed by atoms with Crippen LogP contribution in [-0.2, 0) is 21.3 Å². The molecule has 0 unspecified atom stereocenters. The number of benzene rings is 1. The van der Waals surface area contributed by atoms with Crippen molar-refractivity contribution >= 4 is 15.8 Å². The maximum Gasteiger partial charge on any atom is 0.244 e. The van der Waals surface area contributed by atoms with Crippen molar-refractivity contribution in [2.45, 2.75) is 11.4 Å². The summed E-state index contributed by atoms with van der Waals surface area (Å²) in [5.41, 5.74) is 1.10. The summed E-state index contributed by atoms with van der Waals surface area (Å²) in [5.74, 6) is 1.50. The SMILES string of the molecule is C=CCOc1ccc(CN(C)c2ccc(S(=O)(=O)N3CCOCC3)cn2)cc1. The molecule has 1 aromatic heterocycles. The fourth-order valence-electron chi connectivity index (χ4n) is 2.89. The van der Waals surface area contributed by atoms with Gasteiger partial charge in [0.05, 0.1) is 13.2 Å². The minimum absolute atomic E-state index is 0.204. The van der Waals surface area contributed by atoms with Crippen molar-refractivity contribution in [3.05, 3.63) is 60.8 Å². The van der Waals surface area contributed by atoms with Gasteiger partial charge in [0, 0.05) is 32.9 Å². The fraction of sp³-hybridized carbons (Fsp3) is 0.350. The van der Waals surface area contributed by atoms with Crippen molar-refractivity contribution in [2.24, 2.45) is 0 Å². The lowest BCUT2D eigenvalue weighted by molar-refractivity contribution is 0.0730. The summed E-state index contributed by atoms with van der Waals surface area (Å²) in [6.07, 6.45) is 3.12. The summed E-state index contributed by atoms with van der Waals surface area (Å²) < 4.78 is 37.5. The normalized spacial score (nSPS) is 15.2. The second-order valence-corrected chi connectivity index (χ2v) is 8.41. The predicted molar refractivity (Wildman–Crippen MR) is 108 cm³/mol. The molecule has 2 aromatic rings. The molecule has 150 valence electrons. The van der Waals surface area contributed by atoms with Crippen LogP contribution in [0.15, 0.2) is 60.1 Å². The maximum absolute atomic E-state index is 12.7. The Hall–Kier alpha value is -2.42. The lowest BCUT2D eigenvalue weighted by Crippen LogP contribution is -2.40. The molecular weight excluding hydrogens is 378 g/mol. The number of hydrogen-bond acceptors (Lipinski definition) is 6. The lowest BCUT2D eigenvalue weighted by Gasteiger charge is -2.26. The van der Waals surface area contributed by atoms with E-state index in [9.17, 15) is 8.42 Å². The molecule has 2 heterocycles. The smallest absolute Gasteiger partial charge is 0.244 e. The number of pyridine rings is 1. The number of anilines is 1. The monoisotopic (exact) mass is 403 g/mol. The highest BCUT2D eigenvalue weighted by Gasteiger charge is 2.26. The number of rotatable bonds is 8. The third-order valence-corrected chi connectivity index (χ3v) is 6.31. The van der Waals surface area contributed by atoms with Gasteiger partial charge in [0.25, 0.3) is 0 Å². The van der Waals surface area contributed by atoms with Crippen LogP contribution in [0.3, 0.4) is 0 Å². The highest BCUT2D eigenvalue weighted by molar-refractivity contribution is 7.89. The molecule has 0 aliphatic carbocycles. The van der Waals surface area contributed by atoms with Gasteiger partial charge in [0.2, 0.25) is 10.0 Å². The number of hydrogen-bond donors (Lipinski definition) is 0. The maximum atomic E-state index is 12.7. The van der Waals surface area contributed by atoms with E-state index in [4.69, 9.17) is 9.47 Å². The quantitative estimate of drug-likeness (QED) is 0.630. The molecule has 0 spiro atoms. The van der Waals surface area contributed by atoms with E-state index < -0.39 is 10.0 Å². The lowest BCUT2D eigenvalue weighted by atomic mass is 10.2. The van der Waals surface area contributed by atoms with E-state index in [1.165, 1.54) is 10.5 Å². The van der Waals surface area contributed by atoms with Gasteiger partial charge in [0.1, 0.15) is 23.1 Å². The van der Waals surface area contributed by atoms with E-state index in [-0.39, 0.29) is 4.90 Å². The van der Waals surface area contributed by atoms with Crippen molar-refractivity contribution < 1.29 is 17.9 Å². The van der Waals surface area contributed by atoms with Gasteiger partial charge in [-0.15, -0.1) is 0 Å². The Bertz CT molecular complexity index is 877. The zero-order valence-corrected chi connectivity index (χ0v) is 16.8. The van der Waals surface area contributed by atoms with Crippen LogP contribution in [0.4, 0.5) is 5.82 Å². The van der Waals surface area contributed by atoms with E-state index in [1.807, 2.05) is 36.2 Å². The first-order chi connectivity index (χ1) is 13.5. The van der Waals surface area contributed by atoms with Crippen molar-refractivity contribution in [1.82, 2.24) is 9.29 Å². The van der Waals surface area contributed by atoms with Gasteiger partial charge in [-0.25, -0.2) is 13.4 Å². The third-order valence-electron chi connectivity index (χ3n) is 4.43. The Morgan fingerprint density at radius 3 is 2.54 bits per heavy atom. The molecule has 1 saturated heterocycles. The van der Waals surface area contributed by atoms with Gasteiger partial charge in [0.15, 0.2) is 0 Å². The number of nitrogens with zero attached hydrogens (tertiary/aromatic N) is 3. The van der Waals surface area contributed by atoms with Crippen LogP contribution >= 0.6 is 0 Å². The Labute approximate surface area is 166 Å². The van der Waals surface area contributed by atoms with Crippen LogP contribution in [-0.4, -0.2) is 57.7 Å². The number of morpholine rings is 1. The molecule has 1 fully saturated rings. The molecule has 1 aliphatic heterocycles. The first-order valence-corrected chi connectivity index (χ1v) is 10.5. The number of aromatic nitrogens is 1. The Morgan fingerprint density at radius 1 is 1.21 bits per heavy atom. The Kier molecular flexibility index (Phi) is 6.66. The fourth-order valence-corrected chi connectivity index (χ4v) is 4.24. The summed E-state index contributed by atoms with van der Waals surface area (Å²) in [4.78, 5) is 6.51. The van der Waals surface area contributed by atoms with Gasteiger partial charge in [-0.05, 0) is 29.8 Å². The highest BCUT2D eigenvalue weighted by Crippen LogP contribution is 2.20. The molecule has 7 nitrogen and oxygen atoms in total. The second-order valence-electron chi connectivity index (χ2n) is 6.47. The topological polar surface area (TPSA) is 72.0 Å². The van der Waals surface area contributed by atoms with Crippen LogP contribution in [0.5, 0.6) is 5.75 Å². The summed E-state index contributed by atoms with van der Waals surface area (Å²) in [6.45, 7) is 6.33. The van der Waals surface area contributed by atoms with Crippen LogP contribution in [0.25, 0.3) is 0 Å². The molecule has 0 radical (unpaired) electrons. The largest absolute Gasteiger partial charge is 0.490 e. The van der Waals surface area contributed by atoms with E-state index in [2.05, 4.69) is 11.6 Å². The Balaban J connectivity index is 1.64. The molecule has 0 N–H and O–H groups in total. The van der Waals surface area contributed by atoms with Gasteiger partial charge >= 0.3 is 0 Å². The zero-order chi connectivity index (χ0) is 20.0. The van der Waals surface area contributed by atoms with E-state index in [0.717, 1.165) is 11.3 Å². The average Bonchev–Trinajstić information content (AvgIpc) is 2.74. The van der Waals surface area contributed by atoms with Gasteiger partial charge in [-0.2, -0.15) is 4.31 Å². The first-order valence-electron chi connectivity index (χ1n) is 9.08. The average molecular weight is 404 g/mol. The Morgan fingerprint density at radius 2 is 1.93 bits per heavy atom. The molecule has 0 atom stereocenters. The minimum atomic E-state index is -3.52. The molecule has 3 rings (SSSR count). The van der Waals surface area contributed by atoms with E-state index in [0.29, 0.717) is 45.3 Å². The van der Waals surface area contributed by atoms with Crippen molar-refractivity contribution in [1.29, 1.82) is 0 Å². The van der Waals surface area contributed by atoms with E-state index >= 15 is 0 Å². The van der Waals surface area contributed by atoms with Crippen molar-refractivity contribution in [2.75, 3.05) is 44.9 Å². The molecule has 0 amide bonds. The van der Waals surface area contributed by atoms with Gasteiger partial charge in [-0.1, -0.05) is 24.8 Å². The molecule has 1 aromatic carbocycles. The number of sulfonamides is 1. The van der Waals surface area contributed by atoms with Crippen LogP contribution in [0.2, 0.25) is 0 Å². The molecule has 8 heteroatoms. The van der Waals surface area contributed by atoms with Gasteiger partial charge < -0.3 is 14.4 Å². The highest BCUT2D eigenvalue weighted by atomic mass is 32.2. The predicted octanol–water partition coefficient (Wildman–Crippen LogP) is 2.30. The molecule has 1 aliphatic rings. The molecule has 0 saturated carbocycles. The molecular formula is C20H25N3O4S. The van der Waals surface area contributed by atoms with Gasteiger partial charge in [-0.3, -0.25) is 0 Å². The van der Waals surface area contributed by atoms with Crippen LogP contribution in [0.1, 0.15) is 5.56 Å². The zero-order valence-electron chi connectivity index (χ0n) is 16.0. The summed E-state index contributed by atoms with van der Waals surface area (Å²) in [6, 6.07) is 11.2. The summed E-state index contributed by atoms with van der Waals surface area (Å²) in [7, 11) is -1.61. The van der Waals surface area contributed by atoms with Crippen LogP contribution < -0.4 is 9.64 Å². The van der Waals surface area contributed by atoms with Crippen LogP contribution in [0, 0.1) is 0 Å². The molecule has 0 bridgehead atoms. The van der Waals surface area contributed by atoms with Crippen molar-refractivity contribution in [3.63, 3.8) is 0 Å². The third kappa shape index (κ3) is 4.89. The minimum Gasteiger partial charge on any atom is -0.490 e. The number of ether oxygens (including phenoxy) is 2. The second kappa shape index (κ2) is 9.18. The summed E-state index contributed by atoms with van der Waals surface area (Å²) >= 11 is 0. The molecule has 28 heavy (non-hydrogen) atoms. The summed E-state index contributed by atoms with van der Waals surface area (Å²) in [5, 5.41) is 0. The standard InChI is InChI=1S/C20H25N3O4S/c1-3-12-27-18-6-4-17(5-7-18)16-22(2)20-9-8-19(15-21-20)28(24,25)23-10-13-26-14-11-23/h3-9,15H,1,10-14,16H2,2H3. The van der Waals surface area contributed by atoms with Crippen molar-refractivity contribution in [3.8, 4) is 5.75 Å². The van der Waals surface area contributed by atoms with E-state index in [1.54, 1.807) is 18.2 Å².